The van der Waals surface area contributed by atoms with Gasteiger partial charge in [0.2, 0.25) is 0 Å². The number of rotatable bonds is 6. The van der Waals surface area contributed by atoms with Gasteiger partial charge in [0.1, 0.15) is 0 Å². The van der Waals surface area contributed by atoms with Crippen LogP contribution in [-0.2, 0) is 0 Å². The van der Waals surface area contributed by atoms with Crippen molar-refractivity contribution in [1.29, 1.82) is 0 Å². The van der Waals surface area contributed by atoms with Crippen molar-refractivity contribution in [2.45, 2.75) is 13.8 Å². The van der Waals surface area contributed by atoms with Crippen molar-refractivity contribution < 1.29 is 9.23 Å². The van der Waals surface area contributed by atoms with Crippen LogP contribution in [0.5, 0.6) is 5.75 Å². The molecule has 1 N–H and O–H groups in total. The predicted molar refractivity (Wildman–Crippen MR) is 102 cm³/mol. The van der Waals surface area contributed by atoms with Gasteiger partial charge in [0, 0.05) is 22.5 Å². The maximum atomic E-state index is 14.2. The van der Waals surface area contributed by atoms with Crippen LogP contribution in [0.4, 0.5) is 4.39 Å². The minimum atomic E-state index is -0.402. The topological polar surface area (TPSA) is 41.1 Å². The second-order valence-corrected chi connectivity index (χ2v) is 6.62. The summed E-state index contributed by atoms with van der Waals surface area (Å²) >= 11 is 3.44. The Balaban J connectivity index is 1.72. The third kappa shape index (κ3) is 4.27. The number of aromatic nitrogens is 2. The number of aromatic amines is 1. The van der Waals surface area contributed by atoms with Gasteiger partial charge >= 0.3 is 0 Å². The molecule has 3 rings (SSSR count). The van der Waals surface area contributed by atoms with Crippen LogP contribution in [0.25, 0.3) is 16.5 Å². The van der Waals surface area contributed by atoms with Gasteiger partial charge in [-0.05, 0) is 43.2 Å². The van der Waals surface area contributed by atoms with Crippen LogP contribution in [-0.4, -0.2) is 28.4 Å². The average Bonchev–Trinajstić information content (AvgIpc) is 3.06. The molecule has 0 atom stereocenters. The van der Waals surface area contributed by atoms with E-state index in [1.54, 1.807) is 17.3 Å². The number of halogens is 2. The fraction of sp³-hybridized carbons (Fsp3) is 0.211. The lowest BCUT2D eigenvalue weighted by Crippen LogP contribution is -2.27. The molecule has 130 valence electrons. The van der Waals surface area contributed by atoms with Crippen molar-refractivity contribution in [3.8, 4) is 5.75 Å². The Morgan fingerprint density at radius 1 is 1.32 bits per heavy atom. The monoisotopic (exact) mass is 403 g/mol. The minimum Gasteiger partial charge on any atom is -0.403 e. The number of fused-ring (bicyclic) bond motifs is 1. The molecule has 4 nitrogen and oxygen atoms in total. The highest BCUT2D eigenvalue weighted by atomic mass is 79.9. The maximum absolute atomic E-state index is 14.2. The van der Waals surface area contributed by atoms with Crippen LogP contribution in [0, 0.1) is 5.82 Å². The van der Waals surface area contributed by atoms with E-state index in [4.69, 9.17) is 4.84 Å². The molecule has 2 aromatic carbocycles. The SMILES string of the molecule is CCN(CC=C(C)c1ccc(Br)cc1)Oc1cc2[nH]ncc2cc1F. The Hall–Kier alpha value is -2.18. The molecular weight excluding hydrogens is 385 g/mol. The van der Waals surface area contributed by atoms with Gasteiger partial charge < -0.3 is 4.84 Å². The molecule has 3 aromatic rings. The zero-order chi connectivity index (χ0) is 17.8. The summed E-state index contributed by atoms with van der Waals surface area (Å²) in [5, 5.41) is 9.16. The highest BCUT2D eigenvalue weighted by Gasteiger charge is 2.11. The lowest BCUT2D eigenvalue weighted by molar-refractivity contribution is -0.0455. The van der Waals surface area contributed by atoms with Crippen molar-refractivity contribution in [1.82, 2.24) is 15.3 Å². The molecule has 0 aliphatic heterocycles. The Morgan fingerprint density at radius 3 is 2.80 bits per heavy atom. The van der Waals surface area contributed by atoms with Gasteiger partial charge in [-0.2, -0.15) is 5.10 Å². The summed E-state index contributed by atoms with van der Waals surface area (Å²) in [7, 11) is 0. The summed E-state index contributed by atoms with van der Waals surface area (Å²) in [6.07, 6.45) is 3.66. The highest BCUT2D eigenvalue weighted by Crippen LogP contribution is 2.24. The van der Waals surface area contributed by atoms with E-state index in [0.717, 1.165) is 26.5 Å². The first-order valence-electron chi connectivity index (χ1n) is 8.05. The standard InChI is InChI=1S/C19H19BrFN3O/c1-3-24(9-8-13(2)14-4-6-16(20)7-5-14)25-19-11-18-15(10-17(19)21)12-22-23-18/h4-8,10-12H,3,9H2,1-2H3,(H,22,23). The fourth-order valence-corrected chi connectivity index (χ4v) is 2.72. The van der Waals surface area contributed by atoms with Crippen molar-refractivity contribution in [3.05, 3.63) is 64.5 Å². The number of hydroxylamine groups is 2. The summed E-state index contributed by atoms with van der Waals surface area (Å²) in [5.74, 6) is -0.214. The molecule has 0 saturated heterocycles. The molecule has 0 amide bonds. The lowest BCUT2D eigenvalue weighted by Gasteiger charge is -2.20. The number of hydrogen-bond acceptors (Lipinski definition) is 3. The second-order valence-electron chi connectivity index (χ2n) is 5.71. The minimum absolute atomic E-state index is 0.188. The largest absolute Gasteiger partial charge is 0.403 e. The van der Waals surface area contributed by atoms with E-state index in [1.807, 2.05) is 26.0 Å². The third-order valence-electron chi connectivity index (χ3n) is 3.97. The molecule has 1 heterocycles. The van der Waals surface area contributed by atoms with E-state index < -0.39 is 5.82 Å². The van der Waals surface area contributed by atoms with Crippen molar-refractivity contribution >= 4 is 32.4 Å². The molecule has 0 bridgehead atoms. The zero-order valence-corrected chi connectivity index (χ0v) is 15.7. The first-order valence-corrected chi connectivity index (χ1v) is 8.84. The number of H-pyrrole nitrogens is 1. The van der Waals surface area contributed by atoms with Gasteiger partial charge in [0.25, 0.3) is 0 Å². The van der Waals surface area contributed by atoms with Gasteiger partial charge in [0.05, 0.1) is 18.3 Å². The lowest BCUT2D eigenvalue weighted by atomic mass is 10.1. The van der Waals surface area contributed by atoms with Gasteiger partial charge in [0.15, 0.2) is 11.6 Å². The van der Waals surface area contributed by atoms with Crippen LogP contribution in [0.3, 0.4) is 0 Å². The quantitative estimate of drug-likeness (QED) is 0.576. The van der Waals surface area contributed by atoms with E-state index in [9.17, 15) is 4.39 Å². The summed E-state index contributed by atoms with van der Waals surface area (Å²) in [4.78, 5) is 5.74. The van der Waals surface area contributed by atoms with E-state index in [1.165, 1.54) is 6.07 Å². The van der Waals surface area contributed by atoms with Crippen molar-refractivity contribution in [3.63, 3.8) is 0 Å². The van der Waals surface area contributed by atoms with E-state index in [0.29, 0.717) is 13.1 Å². The maximum Gasteiger partial charge on any atom is 0.185 e. The van der Waals surface area contributed by atoms with Crippen molar-refractivity contribution in [2.24, 2.45) is 0 Å². The number of likely N-dealkylation sites (N-methyl/N-ethyl adjacent to an activating group) is 1. The third-order valence-corrected chi connectivity index (χ3v) is 4.50. The Bertz CT molecular complexity index is 889. The van der Waals surface area contributed by atoms with Gasteiger partial charge in [-0.1, -0.05) is 34.1 Å². The smallest absolute Gasteiger partial charge is 0.185 e. The Kier molecular flexibility index (Phi) is 5.50. The average molecular weight is 404 g/mol. The molecule has 0 saturated carbocycles. The zero-order valence-electron chi connectivity index (χ0n) is 14.1. The number of allylic oxidation sites excluding steroid dienone is 1. The number of benzene rings is 2. The Labute approximate surface area is 154 Å². The van der Waals surface area contributed by atoms with E-state index >= 15 is 0 Å². The molecule has 0 radical (unpaired) electrons. The van der Waals surface area contributed by atoms with Crippen LogP contribution in [0.15, 0.2) is 53.1 Å². The van der Waals surface area contributed by atoms with E-state index in [2.05, 4.69) is 44.3 Å². The Morgan fingerprint density at radius 2 is 2.08 bits per heavy atom. The molecule has 25 heavy (non-hydrogen) atoms. The van der Waals surface area contributed by atoms with Crippen LogP contribution in [0.2, 0.25) is 0 Å². The van der Waals surface area contributed by atoms with Gasteiger partial charge in [-0.15, -0.1) is 5.06 Å². The predicted octanol–water partition coefficient (Wildman–Crippen LogP) is 5.18. The van der Waals surface area contributed by atoms with Crippen molar-refractivity contribution in [2.75, 3.05) is 13.1 Å². The molecule has 6 heteroatoms. The number of nitrogens with zero attached hydrogens (tertiary/aromatic N) is 2. The number of nitrogens with one attached hydrogen (secondary N) is 1. The van der Waals surface area contributed by atoms with Crippen LogP contribution < -0.4 is 4.84 Å². The molecule has 0 fully saturated rings. The fourth-order valence-electron chi connectivity index (χ4n) is 2.45. The van der Waals surface area contributed by atoms with Crippen LogP contribution >= 0.6 is 15.9 Å². The van der Waals surface area contributed by atoms with Crippen LogP contribution in [0.1, 0.15) is 19.4 Å². The summed E-state index contributed by atoms with van der Waals surface area (Å²) in [6.45, 7) is 5.20. The molecule has 0 aliphatic carbocycles. The molecule has 0 aliphatic rings. The number of hydrogen-bond donors (Lipinski definition) is 1. The highest BCUT2D eigenvalue weighted by molar-refractivity contribution is 9.10. The van der Waals surface area contributed by atoms with E-state index in [-0.39, 0.29) is 5.75 Å². The summed E-state index contributed by atoms with van der Waals surface area (Å²) in [5.41, 5.74) is 3.03. The first-order chi connectivity index (χ1) is 12.1. The molecular formula is C19H19BrFN3O. The normalized spacial score (nSPS) is 12.1. The van der Waals surface area contributed by atoms with Gasteiger partial charge in [-0.3, -0.25) is 5.10 Å². The first kappa shape index (κ1) is 17.6. The summed E-state index contributed by atoms with van der Waals surface area (Å²) in [6, 6.07) is 11.2. The molecule has 1 aromatic heterocycles. The molecule has 0 spiro atoms. The second kappa shape index (κ2) is 7.80. The van der Waals surface area contributed by atoms with Gasteiger partial charge in [-0.25, -0.2) is 4.39 Å². The summed E-state index contributed by atoms with van der Waals surface area (Å²) < 4.78 is 15.2. The molecule has 0 unspecified atom stereocenters.